The van der Waals surface area contributed by atoms with Crippen molar-refractivity contribution >= 4 is 15.4 Å². The van der Waals surface area contributed by atoms with Gasteiger partial charge in [0.2, 0.25) is 0 Å². The minimum Gasteiger partial charge on any atom is -0.396 e. The van der Waals surface area contributed by atoms with Crippen molar-refractivity contribution < 1.29 is 19.1 Å². The van der Waals surface area contributed by atoms with Crippen molar-refractivity contribution in [1.82, 2.24) is 0 Å². The average Bonchev–Trinajstić information content (AvgIpc) is 2.01. The number of aliphatic hydroxyl groups is 1. The van der Waals surface area contributed by atoms with Gasteiger partial charge in [0, 0.05) is 19.2 Å². The van der Waals surface area contributed by atoms with E-state index >= 15 is 0 Å². The monoisotopic (exact) mass is 220 g/mol. The van der Waals surface area contributed by atoms with Gasteiger partial charge in [0.05, 0.1) is 6.10 Å². The zero-order chi connectivity index (χ0) is 10.8. The van der Waals surface area contributed by atoms with E-state index in [4.69, 9.17) is 14.5 Å². The van der Waals surface area contributed by atoms with Crippen LogP contribution in [0, 0.1) is 5.92 Å². The predicted molar refractivity (Wildman–Crippen MR) is 57.3 cm³/mol. The SMILES string of the molecule is BC1CCC(CO)C(O[P@](C)(=O)O)C1. The van der Waals surface area contributed by atoms with E-state index in [1.807, 2.05) is 0 Å². The van der Waals surface area contributed by atoms with Crippen LogP contribution in [0.5, 0.6) is 0 Å². The van der Waals surface area contributed by atoms with Crippen LogP contribution in [0.1, 0.15) is 19.3 Å². The summed E-state index contributed by atoms with van der Waals surface area (Å²) >= 11 is 0. The summed E-state index contributed by atoms with van der Waals surface area (Å²) in [6, 6.07) is 0. The average molecular weight is 220 g/mol. The molecule has 2 N–H and O–H groups in total. The molecule has 0 heterocycles. The molecule has 6 heteroatoms. The van der Waals surface area contributed by atoms with Crippen LogP contribution in [-0.4, -0.2) is 37.2 Å². The van der Waals surface area contributed by atoms with Gasteiger partial charge in [-0.1, -0.05) is 12.2 Å². The van der Waals surface area contributed by atoms with E-state index in [0.29, 0.717) is 5.82 Å². The standard InChI is InChI=1S/C8H18BO4P/c1-14(11,12)13-8-4-7(9)3-2-6(8)5-10/h6-8,10H,2-5,9H2,1H3,(H,11,12). The summed E-state index contributed by atoms with van der Waals surface area (Å²) in [5.74, 6) is 0.529. The first kappa shape index (κ1) is 12.2. The minimum absolute atomic E-state index is 0.0200. The maximum atomic E-state index is 11.1. The Kier molecular flexibility index (Phi) is 4.20. The van der Waals surface area contributed by atoms with Crippen molar-refractivity contribution in [2.24, 2.45) is 5.92 Å². The highest BCUT2D eigenvalue weighted by atomic mass is 31.2. The molecule has 82 valence electrons. The number of hydrogen-bond acceptors (Lipinski definition) is 3. The lowest BCUT2D eigenvalue weighted by Crippen LogP contribution is -2.31. The van der Waals surface area contributed by atoms with Crippen molar-refractivity contribution in [2.75, 3.05) is 13.3 Å². The molecule has 1 rings (SSSR count). The van der Waals surface area contributed by atoms with Crippen LogP contribution >= 0.6 is 7.60 Å². The molecular weight excluding hydrogens is 202 g/mol. The highest BCUT2D eigenvalue weighted by Gasteiger charge is 2.32. The number of aliphatic hydroxyl groups excluding tert-OH is 1. The molecule has 1 aliphatic rings. The van der Waals surface area contributed by atoms with E-state index in [-0.39, 0.29) is 18.6 Å². The van der Waals surface area contributed by atoms with Crippen molar-refractivity contribution in [3.05, 3.63) is 0 Å². The summed E-state index contributed by atoms with van der Waals surface area (Å²) in [4.78, 5) is 9.12. The lowest BCUT2D eigenvalue weighted by Gasteiger charge is -2.34. The van der Waals surface area contributed by atoms with Crippen molar-refractivity contribution in [1.29, 1.82) is 0 Å². The number of hydrogen-bond donors (Lipinski definition) is 2. The lowest BCUT2D eigenvalue weighted by molar-refractivity contribution is 0.0476. The smallest absolute Gasteiger partial charge is 0.325 e. The van der Waals surface area contributed by atoms with E-state index in [1.54, 1.807) is 0 Å². The van der Waals surface area contributed by atoms with Crippen LogP contribution in [0.3, 0.4) is 0 Å². The molecule has 1 aliphatic carbocycles. The van der Waals surface area contributed by atoms with Gasteiger partial charge in [-0.05, 0) is 12.8 Å². The predicted octanol–water partition coefficient (Wildman–Crippen LogP) is 0.401. The zero-order valence-corrected chi connectivity index (χ0v) is 9.61. The van der Waals surface area contributed by atoms with Gasteiger partial charge in [-0.2, -0.15) is 0 Å². The van der Waals surface area contributed by atoms with Crippen LogP contribution in [-0.2, 0) is 9.09 Å². The fraction of sp³-hybridized carbons (Fsp3) is 1.00. The first-order valence-corrected chi connectivity index (χ1v) is 7.04. The molecule has 0 saturated heterocycles. The number of rotatable bonds is 3. The molecule has 0 bridgehead atoms. The lowest BCUT2D eigenvalue weighted by atomic mass is 9.71. The fourth-order valence-corrected chi connectivity index (χ4v) is 2.74. The molecule has 1 saturated carbocycles. The molecule has 0 aromatic heterocycles. The molecule has 0 aromatic carbocycles. The topological polar surface area (TPSA) is 66.8 Å². The summed E-state index contributed by atoms with van der Waals surface area (Å²) in [6.45, 7) is 1.23. The van der Waals surface area contributed by atoms with E-state index in [0.717, 1.165) is 19.3 Å². The molecule has 4 atom stereocenters. The summed E-state index contributed by atoms with van der Waals surface area (Å²) in [5.41, 5.74) is 0. The highest BCUT2D eigenvalue weighted by Crippen LogP contribution is 2.44. The second-order valence-corrected chi connectivity index (χ2v) is 6.12. The van der Waals surface area contributed by atoms with Gasteiger partial charge >= 0.3 is 7.60 Å². The Morgan fingerprint density at radius 1 is 1.57 bits per heavy atom. The Labute approximate surface area is 85.6 Å². The fourth-order valence-electron chi connectivity index (χ4n) is 1.98. The third-order valence-corrected chi connectivity index (χ3v) is 3.42. The Morgan fingerprint density at radius 2 is 2.21 bits per heavy atom. The third kappa shape index (κ3) is 3.74. The molecule has 0 spiro atoms. The van der Waals surface area contributed by atoms with Crippen molar-refractivity contribution in [3.63, 3.8) is 0 Å². The molecule has 4 nitrogen and oxygen atoms in total. The Morgan fingerprint density at radius 3 is 2.71 bits per heavy atom. The second kappa shape index (κ2) is 4.80. The summed E-state index contributed by atoms with van der Waals surface area (Å²) in [6.07, 6.45) is 2.45. The molecule has 0 radical (unpaired) electrons. The summed E-state index contributed by atoms with van der Waals surface area (Å²) < 4.78 is 16.2. The Balaban J connectivity index is 2.57. The van der Waals surface area contributed by atoms with Crippen molar-refractivity contribution in [3.8, 4) is 0 Å². The summed E-state index contributed by atoms with van der Waals surface area (Å²) in [5, 5.41) is 9.09. The van der Waals surface area contributed by atoms with Crippen LogP contribution in [0.4, 0.5) is 0 Å². The maximum absolute atomic E-state index is 11.1. The molecular formula is C8H18BO4P. The van der Waals surface area contributed by atoms with Crippen LogP contribution < -0.4 is 0 Å². The van der Waals surface area contributed by atoms with Crippen molar-refractivity contribution in [2.45, 2.75) is 31.2 Å². The summed E-state index contributed by atoms with van der Waals surface area (Å²) in [7, 11) is -1.32. The van der Waals surface area contributed by atoms with E-state index < -0.39 is 7.60 Å². The zero-order valence-electron chi connectivity index (χ0n) is 8.72. The van der Waals surface area contributed by atoms with Crippen LogP contribution in [0.2, 0.25) is 5.82 Å². The normalized spacial score (nSPS) is 37.8. The molecule has 0 amide bonds. The van der Waals surface area contributed by atoms with Gasteiger partial charge in [0.1, 0.15) is 7.85 Å². The first-order valence-electron chi connectivity index (χ1n) is 5.02. The third-order valence-electron chi connectivity index (χ3n) is 2.76. The molecule has 0 aromatic rings. The second-order valence-electron chi connectivity index (χ2n) is 4.31. The van der Waals surface area contributed by atoms with Gasteiger partial charge in [0.25, 0.3) is 0 Å². The first-order chi connectivity index (χ1) is 6.42. The van der Waals surface area contributed by atoms with E-state index in [9.17, 15) is 4.57 Å². The molecule has 0 aliphatic heterocycles. The van der Waals surface area contributed by atoms with Gasteiger partial charge in [-0.25, -0.2) is 0 Å². The van der Waals surface area contributed by atoms with Gasteiger partial charge in [-0.3, -0.25) is 4.57 Å². The molecule has 3 unspecified atom stereocenters. The van der Waals surface area contributed by atoms with E-state index in [2.05, 4.69) is 7.85 Å². The van der Waals surface area contributed by atoms with Gasteiger partial charge in [-0.15, -0.1) is 0 Å². The Hall–Kier alpha value is 0.175. The quantitative estimate of drug-likeness (QED) is 0.533. The highest BCUT2D eigenvalue weighted by molar-refractivity contribution is 7.51. The maximum Gasteiger partial charge on any atom is 0.325 e. The Bertz CT molecular complexity index is 229. The largest absolute Gasteiger partial charge is 0.396 e. The van der Waals surface area contributed by atoms with Gasteiger partial charge < -0.3 is 14.5 Å². The van der Waals surface area contributed by atoms with E-state index in [1.165, 1.54) is 6.66 Å². The molecule has 14 heavy (non-hydrogen) atoms. The molecule has 1 fully saturated rings. The minimum atomic E-state index is -3.42. The van der Waals surface area contributed by atoms with Crippen LogP contribution in [0.15, 0.2) is 0 Å². The van der Waals surface area contributed by atoms with Gasteiger partial charge in [0.15, 0.2) is 0 Å². The van der Waals surface area contributed by atoms with Crippen LogP contribution in [0.25, 0.3) is 0 Å².